The van der Waals surface area contributed by atoms with Crippen LogP contribution in [0.3, 0.4) is 0 Å². The van der Waals surface area contributed by atoms with Crippen LogP contribution in [0.1, 0.15) is 42.7 Å². The molecular weight excluding hydrogens is 326 g/mol. The Balaban J connectivity index is 1.71. The number of carbonyl (C=O) groups is 2. The van der Waals surface area contributed by atoms with Gasteiger partial charge in [-0.25, -0.2) is 0 Å². The number of hydrogen-bond donors (Lipinski definition) is 2. The summed E-state index contributed by atoms with van der Waals surface area (Å²) < 4.78 is 0. The first-order valence-electron chi connectivity index (χ1n) is 9.24. The highest BCUT2D eigenvalue weighted by atomic mass is 16.4. The number of carbonyl (C=O) groups excluding carboxylic acids is 1. The lowest BCUT2D eigenvalue weighted by Gasteiger charge is -2.23. The highest BCUT2D eigenvalue weighted by molar-refractivity contribution is 5.84. The largest absolute Gasteiger partial charge is 0.481 e. The van der Waals surface area contributed by atoms with Crippen LogP contribution >= 0.6 is 0 Å². The standard InChI is InChI=1S/C22H25NO3/c24-20(25)14-13-19(15-16-7-3-1-4-8-16)23-22(26)21(18-11-12-18)17-9-5-2-6-10-17/h1-10,18-19,21H,11-15H2,(H,23,26)(H,24,25). The van der Waals surface area contributed by atoms with Crippen LogP contribution < -0.4 is 5.32 Å². The van der Waals surface area contributed by atoms with E-state index in [0.29, 0.717) is 18.8 Å². The number of nitrogens with one attached hydrogen (secondary N) is 1. The summed E-state index contributed by atoms with van der Waals surface area (Å²) in [6, 6.07) is 19.6. The Bertz CT molecular complexity index is 726. The van der Waals surface area contributed by atoms with E-state index in [9.17, 15) is 9.59 Å². The Morgan fingerprint density at radius 2 is 1.62 bits per heavy atom. The lowest BCUT2D eigenvalue weighted by molar-refractivity contribution is -0.137. The Morgan fingerprint density at radius 1 is 1.00 bits per heavy atom. The van der Waals surface area contributed by atoms with Crippen LogP contribution in [0.25, 0.3) is 0 Å². The number of amides is 1. The molecule has 136 valence electrons. The van der Waals surface area contributed by atoms with Gasteiger partial charge in [0.2, 0.25) is 5.91 Å². The van der Waals surface area contributed by atoms with Gasteiger partial charge in [0, 0.05) is 12.5 Å². The van der Waals surface area contributed by atoms with Gasteiger partial charge in [0.1, 0.15) is 0 Å². The quantitative estimate of drug-likeness (QED) is 0.723. The van der Waals surface area contributed by atoms with Crippen LogP contribution in [0.2, 0.25) is 0 Å². The Labute approximate surface area is 154 Å². The van der Waals surface area contributed by atoms with E-state index in [1.165, 1.54) is 0 Å². The van der Waals surface area contributed by atoms with Crippen molar-refractivity contribution in [3.8, 4) is 0 Å². The zero-order valence-electron chi connectivity index (χ0n) is 14.8. The average Bonchev–Trinajstić information content (AvgIpc) is 3.46. The maximum atomic E-state index is 13.0. The molecule has 4 heteroatoms. The molecule has 0 heterocycles. The summed E-state index contributed by atoms with van der Waals surface area (Å²) in [7, 11) is 0. The van der Waals surface area contributed by atoms with Crippen molar-refractivity contribution >= 4 is 11.9 Å². The van der Waals surface area contributed by atoms with Gasteiger partial charge < -0.3 is 10.4 Å². The van der Waals surface area contributed by atoms with E-state index < -0.39 is 5.97 Å². The highest BCUT2D eigenvalue weighted by Crippen LogP contribution is 2.42. The molecule has 0 bridgehead atoms. The second kappa shape index (κ2) is 8.65. The van der Waals surface area contributed by atoms with Gasteiger partial charge >= 0.3 is 5.97 Å². The van der Waals surface area contributed by atoms with Gasteiger partial charge in [0.25, 0.3) is 0 Å². The summed E-state index contributed by atoms with van der Waals surface area (Å²) in [4.78, 5) is 24.0. The van der Waals surface area contributed by atoms with Gasteiger partial charge in [-0.15, -0.1) is 0 Å². The summed E-state index contributed by atoms with van der Waals surface area (Å²) in [5, 5.41) is 12.2. The van der Waals surface area contributed by atoms with Crippen LogP contribution in [-0.4, -0.2) is 23.0 Å². The fourth-order valence-corrected chi connectivity index (χ4v) is 3.44. The van der Waals surface area contributed by atoms with E-state index in [-0.39, 0.29) is 24.3 Å². The number of hydrogen-bond acceptors (Lipinski definition) is 2. The van der Waals surface area contributed by atoms with Crippen LogP contribution in [0.4, 0.5) is 0 Å². The van der Waals surface area contributed by atoms with E-state index in [4.69, 9.17) is 5.11 Å². The molecule has 0 radical (unpaired) electrons. The molecule has 3 rings (SSSR count). The maximum absolute atomic E-state index is 13.0. The first-order valence-corrected chi connectivity index (χ1v) is 9.24. The molecule has 1 fully saturated rings. The van der Waals surface area contributed by atoms with Crippen LogP contribution in [0.5, 0.6) is 0 Å². The third-order valence-corrected chi connectivity index (χ3v) is 4.91. The van der Waals surface area contributed by atoms with Gasteiger partial charge in [0.15, 0.2) is 0 Å². The van der Waals surface area contributed by atoms with E-state index in [0.717, 1.165) is 24.0 Å². The summed E-state index contributed by atoms with van der Waals surface area (Å²) in [5.74, 6) is -0.558. The molecule has 1 amide bonds. The van der Waals surface area contributed by atoms with Crippen molar-refractivity contribution in [2.45, 2.75) is 44.1 Å². The topological polar surface area (TPSA) is 66.4 Å². The second-order valence-corrected chi connectivity index (χ2v) is 7.05. The van der Waals surface area contributed by atoms with Gasteiger partial charge in [0.05, 0.1) is 5.92 Å². The Morgan fingerprint density at radius 3 is 2.19 bits per heavy atom. The van der Waals surface area contributed by atoms with Crippen molar-refractivity contribution < 1.29 is 14.7 Å². The van der Waals surface area contributed by atoms with Gasteiger partial charge in [-0.2, -0.15) is 0 Å². The average molecular weight is 351 g/mol. The molecule has 1 aliphatic rings. The first kappa shape index (κ1) is 18.2. The predicted octanol–water partition coefficient (Wildman–Crippen LogP) is 3.77. The van der Waals surface area contributed by atoms with Crippen LogP contribution in [0.15, 0.2) is 60.7 Å². The summed E-state index contributed by atoms with van der Waals surface area (Å²) >= 11 is 0. The lowest BCUT2D eigenvalue weighted by atomic mass is 9.92. The molecule has 0 aliphatic heterocycles. The third kappa shape index (κ3) is 5.19. The lowest BCUT2D eigenvalue weighted by Crippen LogP contribution is -2.40. The van der Waals surface area contributed by atoms with Crippen LogP contribution in [0, 0.1) is 5.92 Å². The Kier molecular flexibility index (Phi) is 6.05. The predicted molar refractivity (Wildman–Crippen MR) is 101 cm³/mol. The number of benzene rings is 2. The molecule has 26 heavy (non-hydrogen) atoms. The minimum Gasteiger partial charge on any atom is -0.481 e. The highest BCUT2D eigenvalue weighted by Gasteiger charge is 2.37. The van der Waals surface area contributed by atoms with Crippen molar-refractivity contribution in [1.82, 2.24) is 5.32 Å². The van der Waals surface area contributed by atoms with Gasteiger partial charge in [-0.05, 0) is 42.7 Å². The second-order valence-electron chi connectivity index (χ2n) is 7.05. The maximum Gasteiger partial charge on any atom is 0.303 e. The molecule has 4 nitrogen and oxygen atoms in total. The van der Waals surface area contributed by atoms with Crippen molar-refractivity contribution in [1.29, 1.82) is 0 Å². The molecule has 1 aliphatic carbocycles. The molecule has 1 saturated carbocycles. The smallest absolute Gasteiger partial charge is 0.303 e. The number of rotatable bonds is 9. The fourth-order valence-electron chi connectivity index (χ4n) is 3.44. The van der Waals surface area contributed by atoms with Crippen LogP contribution in [-0.2, 0) is 16.0 Å². The third-order valence-electron chi connectivity index (χ3n) is 4.91. The summed E-state index contributed by atoms with van der Waals surface area (Å²) in [6.45, 7) is 0. The summed E-state index contributed by atoms with van der Waals surface area (Å²) in [6.07, 6.45) is 3.28. The van der Waals surface area contributed by atoms with Gasteiger partial charge in [-0.3, -0.25) is 9.59 Å². The summed E-state index contributed by atoms with van der Waals surface area (Å²) in [5.41, 5.74) is 2.15. The molecular formula is C22H25NO3. The van der Waals surface area contributed by atoms with E-state index in [1.54, 1.807) is 0 Å². The Hall–Kier alpha value is -2.62. The first-order chi connectivity index (χ1) is 12.6. The normalized spacial score (nSPS) is 15.8. The van der Waals surface area contributed by atoms with Crippen molar-refractivity contribution in [2.75, 3.05) is 0 Å². The SMILES string of the molecule is O=C(O)CCC(Cc1ccccc1)NC(=O)C(c1ccccc1)C1CC1. The molecule has 0 spiro atoms. The number of carboxylic acid groups (broad SMARTS) is 1. The van der Waals surface area contributed by atoms with Crippen molar-refractivity contribution in [3.05, 3.63) is 71.8 Å². The molecule has 0 aromatic heterocycles. The monoisotopic (exact) mass is 351 g/mol. The van der Waals surface area contributed by atoms with Crippen molar-refractivity contribution in [3.63, 3.8) is 0 Å². The van der Waals surface area contributed by atoms with Gasteiger partial charge in [-0.1, -0.05) is 60.7 Å². The number of carboxylic acids is 1. The van der Waals surface area contributed by atoms with Crippen molar-refractivity contribution in [2.24, 2.45) is 5.92 Å². The molecule has 2 atom stereocenters. The molecule has 2 unspecified atom stereocenters. The zero-order chi connectivity index (χ0) is 18.4. The van der Waals surface area contributed by atoms with E-state index >= 15 is 0 Å². The minimum atomic E-state index is -0.834. The molecule has 0 saturated heterocycles. The molecule has 2 aromatic rings. The minimum absolute atomic E-state index is 0.0185. The molecule has 2 aromatic carbocycles. The zero-order valence-corrected chi connectivity index (χ0v) is 14.8. The number of aliphatic carboxylic acids is 1. The fraction of sp³-hybridized carbons (Fsp3) is 0.364. The molecule has 2 N–H and O–H groups in total. The van der Waals surface area contributed by atoms with E-state index in [1.807, 2.05) is 60.7 Å². The van der Waals surface area contributed by atoms with E-state index in [2.05, 4.69) is 5.32 Å².